The SMILES string of the molecule is CC(=O)C(CCN)NC(=O)C(C)CO. The van der Waals surface area contributed by atoms with Gasteiger partial charge >= 0.3 is 0 Å². The van der Waals surface area contributed by atoms with E-state index in [2.05, 4.69) is 5.32 Å². The van der Waals surface area contributed by atoms with Gasteiger partial charge in [0.15, 0.2) is 5.78 Å². The van der Waals surface area contributed by atoms with Crippen LogP contribution in [-0.2, 0) is 9.59 Å². The second-order valence-corrected chi connectivity index (χ2v) is 3.33. The largest absolute Gasteiger partial charge is 0.396 e. The number of carbonyl (C=O) groups excluding carboxylic acids is 2. The molecule has 0 aromatic heterocycles. The molecule has 0 radical (unpaired) electrons. The van der Waals surface area contributed by atoms with Crippen LogP contribution in [0.15, 0.2) is 0 Å². The first-order valence-corrected chi connectivity index (χ1v) is 4.64. The van der Waals surface area contributed by atoms with E-state index in [9.17, 15) is 9.59 Å². The molecule has 82 valence electrons. The van der Waals surface area contributed by atoms with Crippen molar-refractivity contribution in [2.75, 3.05) is 13.2 Å². The van der Waals surface area contributed by atoms with Crippen molar-refractivity contribution in [1.82, 2.24) is 5.32 Å². The molecule has 0 aliphatic heterocycles. The van der Waals surface area contributed by atoms with E-state index < -0.39 is 12.0 Å². The lowest BCUT2D eigenvalue weighted by Crippen LogP contribution is -2.44. The standard InChI is InChI=1S/C9H18N2O3/c1-6(5-12)9(14)11-8(3-4-10)7(2)13/h6,8,12H,3-5,10H2,1-2H3,(H,11,14). The van der Waals surface area contributed by atoms with Gasteiger partial charge in [-0.1, -0.05) is 6.92 Å². The summed E-state index contributed by atoms with van der Waals surface area (Å²) in [7, 11) is 0. The highest BCUT2D eigenvalue weighted by Gasteiger charge is 2.19. The molecule has 14 heavy (non-hydrogen) atoms. The number of aliphatic hydroxyl groups excluding tert-OH is 1. The molecule has 5 nitrogen and oxygen atoms in total. The molecule has 0 aliphatic rings. The molecule has 0 aliphatic carbocycles. The van der Waals surface area contributed by atoms with Crippen LogP contribution in [0.25, 0.3) is 0 Å². The maximum atomic E-state index is 11.3. The first kappa shape index (κ1) is 13.1. The second kappa shape index (κ2) is 6.50. The molecule has 0 aromatic rings. The molecule has 2 atom stereocenters. The molecule has 0 heterocycles. The highest BCUT2D eigenvalue weighted by molar-refractivity contribution is 5.88. The van der Waals surface area contributed by atoms with Crippen LogP contribution in [-0.4, -0.2) is 36.0 Å². The van der Waals surface area contributed by atoms with Crippen LogP contribution in [0.3, 0.4) is 0 Å². The topological polar surface area (TPSA) is 92.4 Å². The molecule has 0 fully saturated rings. The number of hydrogen-bond acceptors (Lipinski definition) is 4. The van der Waals surface area contributed by atoms with E-state index in [1.54, 1.807) is 6.92 Å². The first-order chi connectivity index (χ1) is 6.52. The van der Waals surface area contributed by atoms with E-state index in [1.165, 1.54) is 6.92 Å². The summed E-state index contributed by atoms with van der Waals surface area (Å²) in [6, 6.07) is -0.526. The zero-order valence-electron chi connectivity index (χ0n) is 8.62. The van der Waals surface area contributed by atoms with Gasteiger partial charge in [-0.15, -0.1) is 0 Å². The highest BCUT2D eigenvalue weighted by Crippen LogP contribution is 1.97. The molecule has 1 amide bonds. The predicted octanol–water partition coefficient (Wildman–Crippen LogP) is -0.963. The maximum absolute atomic E-state index is 11.3. The van der Waals surface area contributed by atoms with Gasteiger partial charge in [0.05, 0.1) is 18.6 Å². The summed E-state index contributed by atoms with van der Waals surface area (Å²) in [6.07, 6.45) is 0.430. The second-order valence-electron chi connectivity index (χ2n) is 3.33. The number of hydrogen-bond donors (Lipinski definition) is 3. The molecule has 5 heteroatoms. The number of amides is 1. The summed E-state index contributed by atoms with van der Waals surface area (Å²) in [5, 5.41) is 11.3. The molecule has 4 N–H and O–H groups in total. The van der Waals surface area contributed by atoms with Gasteiger partial charge in [-0.25, -0.2) is 0 Å². The average molecular weight is 202 g/mol. The molecule has 0 saturated heterocycles. The lowest BCUT2D eigenvalue weighted by atomic mass is 10.1. The summed E-state index contributed by atoms with van der Waals surface area (Å²) >= 11 is 0. The van der Waals surface area contributed by atoms with Gasteiger partial charge in [0, 0.05) is 0 Å². The van der Waals surface area contributed by atoms with Crippen molar-refractivity contribution in [2.45, 2.75) is 26.3 Å². The van der Waals surface area contributed by atoms with E-state index in [4.69, 9.17) is 10.8 Å². The molecule has 0 aromatic carbocycles. The number of rotatable bonds is 6. The number of ketones is 1. The van der Waals surface area contributed by atoms with Crippen LogP contribution in [0.1, 0.15) is 20.3 Å². The Kier molecular flexibility index (Phi) is 6.07. The monoisotopic (exact) mass is 202 g/mol. The summed E-state index contributed by atoms with van der Waals surface area (Å²) in [4.78, 5) is 22.3. The van der Waals surface area contributed by atoms with E-state index in [0.717, 1.165) is 0 Å². The third-order valence-electron chi connectivity index (χ3n) is 1.98. The molecule has 0 bridgehead atoms. The van der Waals surface area contributed by atoms with Gasteiger partial charge < -0.3 is 16.2 Å². The molecule has 0 saturated carbocycles. The zero-order chi connectivity index (χ0) is 11.1. The minimum Gasteiger partial charge on any atom is -0.396 e. The highest BCUT2D eigenvalue weighted by atomic mass is 16.3. The fourth-order valence-corrected chi connectivity index (χ4v) is 0.941. The zero-order valence-corrected chi connectivity index (χ0v) is 8.62. The lowest BCUT2D eigenvalue weighted by molar-refractivity contribution is -0.130. The lowest BCUT2D eigenvalue weighted by Gasteiger charge is -2.17. The predicted molar refractivity (Wildman–Crippen MR) is 52.5 cm³/mol. The Labute approximate surface area is 83.7 Å². The average Bonchev–Trinajstić information content (AvgIpc) is 2.15. The van der Waals surface area contributed by atoms with Crippen molar-refractivity contribution < 1.29 is 14.7 Å². The van der Waals surface area contributed by atoms with Crippen molar-refractivity contribution in [3.8, 4) is 0 Å². The Hall–Kier alpha value is -0.940. The summed E-state index contributed by atoms with van der Waals surface area (Å²) in [5.41, 5.74) is 5.30. The third kappa shape index (κ3) is 4.34. The van der Waals surface area contributed by atoms with Gasteiger partial charge in [0.1, 0.15) is 0 Å². The van der Waals surface area contributed by atoms with E-state index >= 15 is 0 Å². The number of Topliss-reactive ketones (excluding diaryl/α,β-unsaturated/α-hetero) is 1. The Morgan fingerprint density at radius 3 is 2.43 bits per heavy atom. The first-order valence-electron chi connectivity index (χ1n) is 4.64. The van der Waals surface area contributed by atoms with Gasteiger partial charge in [-0.05, 0) is 19.9 Å². The van der Waals surface area contributed by atoms with Crippen LogP contribution in [0.2, 0.25) is 0 Å². The van der Waals surface area contributed by atoms with Gasteiger partial charge in [-0.2, -0.15) is 0 Å². The van der Waals surface area contributed by atoms with Crippen molar-refractivity contribution in [2.24, 2.45) is 11.7 Å². The van der Waals surface area contributed by atoms with Crippen molar-refractivity contribution in [3.05, 3.63) is 0 Å². The van der Waals surface area contributed by atoms with Crippen molar-refractivity contribution >= 4 is 11.7 Å². The third-order valence-corrected chi connectivity index (χ3v) is 1.98. The molecular weight excluding hydrogens is 184 g/mol. The molecule has 2 unspecified atom stereocenters. The minimum atomic E-state index is -0.526. The Bertz CT molecular complexity index is 206. The van der Waals surface area contributed by atoms with Crippen LogP contribution in [0.4, 0.5) is 0 Å². The minimum absolute atomic E-state index is 0.117. The quantitative estimate of drug-likeness (QED) is 0.517. The van der Waals surface area contributed by atoms with Gasteiger partial charge in [0.25, 0.3) is 0 Å². The van der Waals surface area contributed by atoms with Gasteiger partial charge in [-0.3, -0.25) is 9.59 Å². The Morgan fingerprint density at radius 2 is 2.07 bits per heavy atom. The molecule has 0 spiro atoms. The van der Waals surface area contributed by atoms with Crippen LogP contribution in [0.5, 0.6) is 0 Å². The van der Waals surface area contributed by atoms with Crippen LogP contribution in [0, 0.1) is 5.92 Å². The molecule has 0 rings (SSSR count). The number of aliphatic hydroxyl groups is 1. The maximum Gasteiger partial charge on any atom is 0.225 e. The number of carbonyl (C=O) groups is 2. The van der Waals surface area contributed by atoms with E-state index in [1.807, 2.05) is 0 Å². The molecular formula is C9H18N2O3. The smallest absolute Gasteiger partial charge is 0.225 e. The number of nitrogens with one attached hydrogen (secondary N) is 1. The van der Waals surface area contributed by atoms with Crippen LogP contribution < -0.4 is 11.1 Å². The Morgan fingerprint density at radius 1 is 1.50 bits per heavy atom. The van der Waals surface area contributed by atoms with Crippen molar-refractivity contribution in [3.63, 3.8) is 0 Å². The normalized spacial score (nSPS) is 14.6. The fraction of sp³-hybridized carbons (Fsp3) is 0.778. The fourth-order valence-electron chi connectivity index (χ4n) is 0.941. The summed E-state index contributed by atoms with van der Waals surface area (Å²) in [5.74, 6) is -0.926. The van der Waals surface area contributed by atoms with Crippen LogP contribution >= 0.6 is 0 Å². The van der Waals surface area contributed by atoms with E-state index in [-0.39, 0.29) is 18.3 Å². The summed E-state index contributed by atoms with van der Waals surface area (Å²) in [6.45, 7) is 3.12. The van der Waals surface area contributed by atoms with E-state index in [0.29, 0.717) is 13.0 Å². The Balaban J connectivity index is 4.15. The van der Waals surface area contributed by atoms with Crippen molar-refractivity contribution in [1.29, 1.82) is 0 Å². The summed E-state index contributed by atoms with van der Waals surface area (Å²) < 4.78 is 0. The van der Waals surface area contributed by atoms with Gasteiger partial charge in [0.2, 0.25) is 5.91 Å². The number of nitrogens with two attached hydrogens (primary N) is 1.